The Hall–Kier alpha value is -2.05. The van der Waals surface area contributed by atoms with Crippen LogP contribution in [0.2, 0.25) is 0 Å². The molecule has 24 heavy (non-hydrogen) atoms. The van der Waals surface area contributed by atoms with Gasteiger partial charge in [-0.2, -0.15) is 5.10 Å². The number of aryl methyl sites for hydroxylation is 2. The topological polar surface area (TPSA) is 55.6 Å². The summed E-state index contributed by atoms with van der Waals surface area (Å²) in [4.78, 5) is 10.1. The van der Waals surface area contributed by atoms with Crippen LogP contribution in [0.25, 0.3) is 0 Å². The van der Waals surface area contributed by atoms with E-state index in [0.29, 0.717) is 6.04 Å². The van der Waals surface area contributed by atoms with E-state index in [0.717, 1.165) is 19.5 Å². The fourth-order valence-corrected chi connectivity index (χ4v) is 4.32. The van der Waals surface area contributed by atoms with E-state index in [-0.39, 0.29) is 0 Å². The van der Waals surface area contributed by atoms with Crippen LogP contribution in [-0.4, -0.2) is 19.7 Å². The average molecular weight is 339 g/mol. The Bertz CT molecular complexity index is 791. The second-order valence-electron chi connectivity index (χ2n) is 6.28. The summed E-state index contributed by atoms with van der Waals surface area (Å²) >= 11 is 1.85. The zero-order valence-electron chi connectivity index (χ0n) is 13.8. The third-order valence-electron chi connectivity index (χ3n) is 4.44. The molecule has 1 aliphatic rings. The van der Waals surface area contributed by atoms with Crippen LogP contribution in [0.5, 0.6) is 0 Å². The number of aromatic nitrogens is 4. The zero-order chi connectivity index (χ0) is 16.4. The monoisotopic (exact) mass is 339 g/mol. The van der Waals surface area contributed by atoms with Gasteiger partial charge in [0.15, 0.2) is 0 Å². The molecule has 1 aliphatic carbocycles. The first-order valence-corrected chi connectivity index (χ1v) is 9.19. The van der Waals surface area contributed by atoms with E-state index in [1.165, 1.54) is 39.5 Å². The van der Waals surface area contributed by atoms with Crippen LogP contribution >= 0.6 is 11.3 Å². The first-order valence-electron chi connectivity index (χ1n) is 8.38. The van der Waals surface area contributed by atoms with Crippen LogP contribution in [0, 0.1) is 6.92 Å². The van der Waals surface area contributed by atoms with Gasteiger partial charge in [0, 0.05) is 17.5 Å². The first kappa shape index (κ1) is 15.5. The Balaban J connectivity index is 1.38. The highest BCUT2D eigenvalue weighted by Crippen LogP contribution is 2.34. The summed E-state index contributed by atoms with van der Waals surface area (Å²) in [6, 6.07) is 9.18. The van der Waals surface area contributed by atoms with Gasteiger partial charge < -0.3 is 5.32 Å². The molecule has 2 aromatic heterocycles. The Kier molecular flexibility index (Phi) is 4.40. The number of rotatable bonds is 5. The molecule has 3 aromatic rings. The minimum Gasteiger partial charge on any atom is -0.305 e. The minimum absolute atomic E-state index is 0.453. The maximum atomic E-state index is 4.67. The molecule has 1 atom stereocenters. The quantitative estimate of drug-likeness (QED) is 0.775. The van der Waals surface area contributed by atoms with Crippen molar-refractivity contribution in [3.63, 3.8) is 0 Å². The lowest BCUT2D eigenvalue weighted by Crippen LogP contribution is -2.23. The molecule has 1 N–H and O–H groups in total. The van der Waals surface area contributed by atoms with Crippen LogP contribution < -0.4 is 5.32 Å². The maximum absolute atomic E-state index is 4.67. The van der Waals surface area contributed by atoms with Gasteiger partial charge in [-0.1, -0.05) is 24.3 Å². The van der Waals surface area contributed by atoms with Gasteiger partial charge in [0.25, 0.3) is 0 Å². The molecule has 0 bridgehead atoms. The molecule has 4 rings (SSSR count). The number of hydrogen-bond acceptors (Lipinski definition) is 5. The molecule has 1 aromatic carbocycles. The number of thiazole rings is 1. The van der Waals surface area contributed by atoms with Crippen LogP contribution in [0.3, 0.4) is 0 Å². The van der Waals surface area contributed by atoms with E-state index in [4.69, 9.17) is 0 Å². The summed E-state index contributed by atoms with van der Waals surface area (Å²) in [5, 5.41) is 9.04. The van der Waals surface area contributed by atoms with Gasteiger partial charge in [0.1, 0.15) is 12.7 Å². The molecule has 2 heterocycles. The molecule has 124 valence electrons. The lowest BCUT2D eigenvalue weighted by molar-refractivity contribution is 0.463. The van der Waals surface area contributed by atoms with Crippen molar-refractivity contribution in [2.24, 2.45) is 0 Å². The summed E-state index contributed by atoms with van der Waals surface area (Å²) < 4.78 is 1.84. The summed E-state index contributed by atoms with van der Waals surface area (Å²) in [5.41, 5.74) is 3.86. The molecule has 0 radical (unpaired) electrons. The molecule has 0 saturated heterocycles. The molecule has 0 spiro atoms. The Morgan fingerprint density at radius 2 is 2.08 bits per heavy atom. The van der Waals surface area contributed by atoms with Gasteiger partial charge >= 0.3 is 0 Å². The smallest absolute Gasteiger partial charge is 0.137 e. The van der Waals surface area contributed by atoms with E-state index in [1.807, 2.05) is 16.0 Å². The number of nitrogens with zero attached hydrogens (tertiary/aromatic N) is 4. The normalized spacial score (nSPS) is 17.0. The first-order chi connectivity index (χ1) is 11.8. The van der Waals surface area contributed by atoms with Crippen molar-refractivity contribution in [3.8, 4) is 0 Å². The predicted molar refractivity (Wildman–Crippen MR) is 94.9 cm³/mol. The van der Waals surface area contributed by atoms with Gasteiger partial charge in [0.05, 0.1) is 17.2 Å². The van der Waals surface area contributed by atoms with Crippen LogP contribution in [0.1, 0.15) is 45.6 Å². The molecule has 0 fully saturated rings. The van der Waals surface area contributed by atoms with Gasteiger partial charge in [-0.3, -0.25) is 0 Å². The summed E-state index contributed by atoms with van der Waals surface area (Å²) in [7, 11) is 0. The Morgan fingerprint density at radius 3 is 2.88 bits per heavy atom. The number of nitrogens with one attached hydrogen (secondary N) is 1. The van der Waals surface area contributed by atoms with Crippen LogP contribution in [-0.2, 0) is 19.5 Å². The number of hydrogen-bond donors (Lipinski definition) is 1. The lowest BCUT2D eigenvalue weighted by atomic mass is 9.98. The average Bonchev–Trinajstić information content (AvgIpc) is 3.22. The summed E-state index contributed by atoms with van der Waals surface area (Å²) in [6.07, 6.45) is 6.88. The second kappa shape index (κ2) is 6.83. The van der Waals surface area contributed by atoms with Crippen LogP contribution in [0.15, 0.2) is 36.9 Å². The van der Waals surface area contributed by atoms with E-state index >= 15 is 0 Å². The van der Waals surface area contributed by atoms with Crippen molar-refractivity contribution in [3.05, 3.63) is 63.6 Å². The predicted octanol–water partition coefficient (Wildman–Crippen LogP) is 3.26. The fourth-order valence-electron chi connectivity index (χ4n) is 3.24. The van der Waals surface area contributed by atoms with E-state index in [2.05, 4.69) is 51.6 Å². The van der Waals surface area contributed by atoms with Gasteiger partial charge in [0.2, 0.25) is 0 Å². The van der Waals surface area contributed by atoms with E-state index in [9.17, 15) is 0 Å². The molecule has 6 heteroatoms. The molecular formula is C18H21N5S. The Morgan fingerprint density at radius 1 is 1.25 bits per heavy atom. The molecule has 0 aliphatic heterocycles. The van der Waals surface area contributed by atoms with Crippen molar-refractivity contribution in [2.45, 2.75) is 45.3 Å². The lowest BCUT2D eigenvalue weighted by Gasteiger charge is -2.22. The standard InChI is InChI=1S/C18H21N5S/c1-13-22-17-4-2-3-16(18(17)24-13)20-9-14-5-7-15(8-6-14)10-23-12-19-11-21-23/h5-8,11-12,16,20H,2-4,9-10H2,1H3/t16-/m1/s1. The minimum atomic E-state index is 0.453. The largest absolute Gasteiger partial charge is 0.305 e. The third kappa shape index (κ3) is 3.39. The Labute approximate surface area is 145 Å². The SMILES string of the molecule is Cc1nc2c(s1)[C@H](NCc1ccc(Cn3cncn3)cc1)CCC2. The van der Waals surface area contributed by atoms with E-state index < -0.39 is 0 Å². The summed E-state index contributed by atoms with van der Waals surface area (Å²) in [5.74, 6) is 0. The zero-order valence-corrected chi connectivity index (χ0v) is 14.6. The molecule has 0 amide bonds. The van der Waals surface area contributed by atoms with Crippen molar-refractivity contribution in [1.82, 2.24) is 25.1 Å². The highest BCUT2D eigenvalue weighted by Gasteiger charge is 2.23. The third-order valence-corrected chi connectivity index (χ3v) is 5.57. The molecule has 5 nitrogen and oxygen atoms in total. The fraction of sp³-hybridized carbons (Fsp3) is 0.389. The highest BCUT2D eigenvalue weighted by molar-refractivity contribution is 7.11. The number of benzene rings is 1. The van der Waals surface area contributed by atoms with Crippen molar-refractivity contribution in [1.29, 1.82) is 0 Å². The number of fused-ring (bicyclic) bond motifs is 1. The highest BCUT2D eigenvalue weighted by atomic mass is 32.1. The molecule has 0 unspecified atom stereocenters. The van der Waals surface area contributed by atoms with Crippen LogP contribution in [0.4, 0.5) is 0 Å². The van der Waals surface area contributed by atoms with Gasteiger partial charge in [-0.05, 0) is 37.3 Å². The van der Waals surface area contributed by atoms with Crippen molar-refractivity contribution in [2.75, 3.05) is 0 Å². The van der Waals surface area contributed by atoms with E-state index in [1.54, 1.807) is 12.7 Å². The molecule has 0 saturated carbocycles. The van der Waals surface area contributed by atoms with Crippen molar-refractivity contribution >= 4 is 11.3 Å². The maximum Gasteiger partial charge on any atom is 0.137 e. The second-order valence-corrected chi connectivity index (χ2v) is 7.51. The van der Waals surface area contributed by atoms with Crippen molar-refractivity contribution < 1.29 is 0 Å². The molecular weight excluding hydrogens is 318 g/mol. The summed E-state index contributed by atoms with van der Waals surface area (Å²) in [6.45, 7) is 3.76. The van der Waals surface area contributed by atoms with Gasteiger partial charge in [-0.25, -0.2) is 14.6 Å². The van der Waals surface area contributed by atoms with Gasteiger partial charge in [-0.15, -0.1) is 11.3 Å².